The molecule has 2 aromatic heterocycles. The van der Waals surface area contributed by atoms with Crippen molar-refractivity contribution < 1.29 is 9.90 Å². The summed E-state index contributed by atoms with van der Waals surface area (Å²) in [5, 5.41) is 20.2. The summed E-state index contributed by atoms with van der Waals surface area (Å²) in [6, 6.07) is 0. The minimum atomic E-state index is -1.14. The molecule has 2 heterocycles. The van der Waals surface area contributed by atoms with Crippen molar-refractivity contribution in [1.29, 1.82) is 0 Å². The molecule has 0 aliphatic heterocycles. The van der Waals surface area contributed by atoms with Crippen LogP contribution < -0.4 is 5.73 Å². The van der Waals surface area contributed by atoms with Crippen LogP contribution >= 0.6 is 0 Å². The van der Waals surface area contributed by atoms with Crippen LogP contribution in [-0.2, 0) is 13.6 Å². The average molecular weight is 222 g/mol. The topological polar surface area (TPSA) is 112 Å². The molecule has 8 nitrogen and oxygen atoms in total. The first-order valence-corrected chi connectivity index (χ1v) is 4.47. The van der Waals surface area contributed by atoms with E-state index < -0.39 is 5.97 Å². The van der Waals surface area contributed by atoms with Gasteiger partial charge in [0.05, 0.1) is 12.2 Å². The number of nitrogens with two attached hydrogens (primary N) is 1. The van der Waals surface area contributed by atoms with Gasteiger partial charge in [0, 0.05) is 19.4 Å². The Morgan fingerprint density at radius 2 is 2.31 bits per heavy atom. The number of rotatable bonds is 3. The molecule has 0 aliphatic carbocycles. The standard InChI is InChI=1S/C8H10N6O2/c1-13-2-5(10-12-13)3-14-4-6(9)7(11-14)8(15)16/h2,4H,3,9H2,1H3,(H,15,16). The van der Waals surface area contributed by atoms with Crippen LogP contribution in [0.3, 0.4) is 0 Å². The maximum absolute atomic E-state index is 10.7. The smallest absolute Gasteiger partial charge is 0.358 e. The summed E-state index contributed by atoms with van der Waals surface area (Å²) < 4.78 is 2.98. The lowest BCUT2D eigenvalue weighted by Crippen LogP contribution is -2.04. The molecule has 0 bridgehead atoms. The second-order valence-electron chi connectivity index (χ2n) is 3.32. The molecule has 0 amide bonds. The van der Waals surface area contributed by atoms with Gasteiger partial charge in [-0.2, -0.15) is 5.10 Å². The van der Waals surface area contributed by atoms with Crippen LogP contribution in [0.1, 0.15) is 16.2 Å². The van der Waals surface area contributed by atoms with E-state index in [0.29, 0.717) is 12.2 Å². The third-order valence-corrected chi connectivity index (χ3v) is 1.97. The van der Waals surface area contributed by atoms with Crippen LogP contribution in [0.15, 0.2) is 12.4 Å². The number of anilines is 1. The molecule has 16 heavy (non-hydrogen) atoms. The van der Waals surface area contributed by atoms with Gasteiger partial charge in [-0.1, -0.05) is 5.21 Å². The highest BCUT2D eigenvalue weighted by atomic mass is 16.4. The lowest BCUT2D eigenvalue weighted by molar-refractivity contribution is 0.0690. The van der Waals surface area contributed by atoms with E-state index in [-0.39, 0.29) is 11.4 Å². The lowest BCUT2D eigenvalue weighted by atomic mass is 10.4. The van der Waals surface area contributed by atoms with Crippen LogP contribution in [0.5, 0.6) is 0 Å². The zero-order valence-electron chi connectivity index (χ0n) is 8.53. The van der Waals surface area contributed by atoms with Gasteiger partial charge in [-0.05, 0) is 0 Å². The summed E-state index contributed by atoms with van der Waals surface area (Å²) in [6.45, 7) is 0.339. The Balaban J connectivity index is 2.22. The number of carboxylic acids is 1. The van der Waals surface area contributed by atoms with Crippen molar-refractivity contribution in [3.63, 3.8) is 0 Å². The van der Waals surface area contributed by atoms with E-state index >= 15 is 0 Å². The second kappa shape index (κ2) is 3.65. The van der Waals surface area contributed by atoms with E-state index in [9.17, 15) is 4.79 Å². The van der Waals surface area contributed by atoms with Gasteiger partial charge in [0.25, 0.3) is 0 Å². The first-order valence-electron chi connectivity index (χ1n) is 4.47. The van der Waals surface area contributed by atoms with E-state index in [1.165, 1.54) is 10.9 Å². The first kappa shape index (κ1) is 10.1. The Labute approximate surface area is 90.3 Å². The van der Waals surface area contributed by atoms with Gasteiger partial charge in [-0.25, -0.2) is 4.79 Å². The molecule has 0 unspecified atom stereocenters. The number of nitrogens with zero attached hydrogens (tertiary/aromatic N) is 5. The number of hydrogen-bond acceptors (Lipinski definition) is 5. The highest BCUT2D eigenvalue weighted by Gasteiger charge is 2.13. The van der Waals surface area contributed by atoms with Gasteiger partial charge in [-0.3, -0.25) is 9.36 Å². The number of aromatic carboxylic acids is 1. The zero-order valence-corrected chi connectivity index (χ0v) is 8.53. The molecule has 0 spiro atoms. The monoisotopic (exact) mass is 222 g/mol. The number of carbonyl (C=O) groups is 1. The highest BCUT2D eigenvalue weighted by Crippen LogP contribution is 2.09. The lowest BCUT2D eigenvalue weighted by Gasteiger charge is -1.94. The van der Waals surface area contributed by atoms with Gasteiger partial charge in [0.2, 0.25) is 0 Å². The van der Waals surface area contributed by atoms with Crippen molar-refractivity contribution in [2.24, 2.45) is 7.05 Å². The predicted molar refractivity (Wildman–Crippen MR) is 53.7 cm³/mol. The van der Waals surface area contributed by atoms with Crippen molar-refractivity contribution in [3.8, 4) is 0 Å². The van der Waals surface area contributed by atoms with Crippen molar-refractivity contribution in [2.45, 2.75) is 6.54 Å². The molecule has 0 aliphatic rings. The Kier molecular flexibility index (Phi) is 2.31. The van der Waals surface area contributed by atoms with Crippen molar-refractivity contribution in [1.82, 2.24) is 24.8 Å². The molecule has 2 aromatic rings. The first-order chi connectivity index (χ1) is 7.56. The quantitative estimate of drug-likeness (QED) is 0.713. The third-order valence-electron chi connectivity index (χ3n) is 1.97. The molecule has 0 fully saturated rings. The fraction of sp³-hybridized carbons (Fsp3) is 0.250. The maximum Gasteiger partial charge on any atom is 0.358 e. The summed E-state index contributed by atoms with van der Waals surface area (Å²) in [6.07, 6.45) is 3.18. The number of hydrogen-bond donors (Lipinski definition) is 2. The third kappa shape index (κ3) is 1.85. The van der Waals surface area contributed by atoms with E-state index in [1.54, 1.807) is 17.9 Å². The van der Waals surface area contributed by atoms with Gasteiger partial charge in [0.1, 0.15) is 5.69 Å². The fourth-order valence-corrected chi connectivity index (χ4v) is 1.32. The fourth-order valence-electron chi connectivity index (χ4n) is 1.32. The van der Waals surface area contributed by atoms with Crippen LogP contribution in [-0.4, -0.2) is 35.9 Å². The van der Waals surface area contributed by atoms with Crippen LogP contribution in [0, 0.1) is 0 Å². The number of aromatic nitrogens is 5. The van der Waals surface area contributed by atoms with Crippen LogP contribution in [0.4, 0.5) is 5.69 Å². The summed E-state index contributed by atoms with van der Waals surface area (Å²) >= 11 is 0. The molecule has 0 saturated heterocycles. The molecule has 3 N–H and O–H groups in total. The largest absolute Gasteiger partial charge is 0.476 e. The molecule has 0 saturated carbocycles. The van der Waals surface area contributed by atoms with Crippen molar-refractivity contribution in [2.75, 3.05) is 5.73 Å². The SMILES string of the molecule is Cn1cc(Cn2cc(N)c(C(=O)O)n2)nn1. The van der Waals surface area contributed by atoms with Gasteiger partial charge in [-0.15, -0.1) is 5.10 Å². The highest BCUT2D eigenvalue weighted by molar-refractivity contribution is 5.91. The maximum atomic E-state index is 10.7. The van der Waals surface area contributed by atoms with Crippen LogP contribution in [0.25, 0.3) is 0 Å². The summed E-state index contributed by atoms with van der Waals surface area (Å²) in [7, 11) is 1.75. The second-order valence-corrected chi connectivity index (χ2v) is 3.32. The van der Waals surface area contributed by atoms with Crippen LogP contribution in [0.2, 0.25) is 0 Å². The Hall–Kier alpha value is -2.38. The molecular weight excluding hydrogens is 212 g/mol. The van der Waals surface area contributed by atoms with Gasteiger partial charge >= 0.3 is 5.97 Å². The molecule has 84 valence electrons. The Bertz CT molecular complexity index is 528. The van der Waals surface area contributed by atoms with Gasteiger partial charge in [0.15, 0.2) is 5.69 Å². The zero-order chi connectivity index (χ0) is 11.7. The number of nitrogen functional groups attached to an aromatic ring is 1. The number of carboxylic acid groups (broad SMARTS) is 1. The van der Waals surface area contributed by atoms with Crippen molar-refractivity contribution in [3.05, 3.63) is 23.8 Å². The average Bonchev–Trinajstić information content (AvgIpc) is 2.73. The van der Waals surface area contributed by atoms with E-state index in [4.69, 9.17) is 10.8 Å². The number of aryl methyl sites for hydroxylation is 1. The molecule has 0 aromatic carbocycles. The van der Waals surface area contributed by atoms with Gasteiger partial charge < -0.3 is 10.8 Å². The van der Waals surface area contributed by atoms with E-state index in [2.05, 4.69) is 15.4 Å². The predicted octanol–water partition coefficient (Wildman–Crippen LogP) is -0.660. The summed E-state index contributed by atoms with van der Waals surface area (Å²) in [4.78, 5) is 10.7. The molecule has 0 atom stereocenters. The summed E-state index contributed by atoms with van der Waals surface area (Å²) in [5.74, 6) is -1.14. The van der Waals surface area contributed by atoms with E-state index in [0.717, 1.165) is 0 Å². The molecular formula is C8H10N6O2. The minimum absolute atomic E-state index is 0.136. The Morgan fingerprint density at radius 1 is 1.56 bits per heavy atom. The molecule has 8 heteroatoms. The minimum Gasteiger partial charge on any atom is -0.476 e. The molecule has 2 rings (SSSR count). The van der Waals surface area contributed by atoms with Crippen molar-refractivity contribution >= 4 is 11.7 Å². The summed E-state index contributed by atoms with van der Waals surface area (Å²) in [5.41, 5.74) is 6.16. The van der Waals surface area contributed by atoms with E-state index in [1.807, 2.05) is 0 Å². The Morgan fingerprint density at radius 3 is 2.81 bits per heavy atom. The normalized spacial score (nSPS) is 10.6. The molecule has 0 radical (unpaired) electrons.